The number of carbonyl (C=O) groups excluding carboxylic acids is 2. The van der Waals surface area contributed by atoms with Gasteiger partial charge in [-0.2, -0.15) is 0 Å². The van der Waals surface area contributed by atoms with Crippen LogP contribution >= 0.6 is 0 Å². The summed E-state index contributed by atoms with van der Waals surface area (Å²) >= 11 is 0. The van der Waals surface area contributed by atoms with Crippen molar-refractivity contribution in [3.8, 4) is 11.1 Å². The minimum atomic E-state index is -0.365. The second-order valence-electron chi connectivity index (χ2n) is 9.98. The van der Waals surface area contributed by atoms with Crippen LogP contribution in [-0.4, -0.2) is 83.4 Å². The normalized spacial score (nSPS) is 13.0. The molecule has 3 rings (SSSR count). The van der Waals surface area contributed by atoms with E-state index in [9.17, 15) is 9.59 Å². The van der Waals surface area contributed by atoms with E-state index in [0.717, 1.165) is 25.7 Å². The third kappa shape index (κ3) is 9.61. The predicted octanol–water partition coefficient (Wildman–Crippen LogP) is 5.68. The van der Waals surface area contributed by atoms with Crippen molar-refractivity contribution >= 4 is 12.1 Å². The maximum Gasteiger partial charge on any atom is 0.409 e. The van der Waals surface area contributed by atoms with Gasteiger partial charge in [-0.25, -0.2) is 4.79 Å². The van der Waals surface area contributed by atoms with E-state index in [1.807, 2.05) is 31.2 Å². The van der Waals surface area contributed by atoms with Crippen molar-refractivity contribution in [2.24, 2.45) is 5.92 Å². The molecule has 2 aromatic carbocycles. The Balaban J connectivity index is 1.18. The lowest BCUT2D eigenvalue weighted by molar-refractivity contribution is -0.150. The number of ether oxygens (including phenoxy) is 5. The molecule has 8 nitrogen and oxygen atoms in total. The second kappa shape index (κ2) is 17.7. The minimum absolute atomic E-state index is 0.0121. The first kappa shape index (κ1) is 31.6. The Morgan fingerprint density at radius 3 is 1.90 bits per heavy atom. The average molecular weight is 556 g/mol. The van der Waals surface area contributed by atoms with E-state index < -0.39 is 0 Å². The molecule has 220 valence electrons. The van der Waals surface area contributed by atoms with Crippen LogP contribution in [-0.2, 0) is 28.5 Å². The fourth-order valence-electron chi connectivity index (χ4n) is 4.80. The summed E-state index contributed by atoms with van der Waals surface area (Å²) in [4.78, 5) is 26.1. The number of esters is 1. The van der Waals surface area contributed by atoms with Crippen LogP contribution in [0.1, 0.15) is 56.6 Å². The molecule has 0 bridgehead atoms. The molecular weight excluding hydrogens is 510 g/mol. The Morgan fingerprint density at radius 1 is 0.775 bits per heavy atom. The maximum atomic E-state index is 12.5. The number of hydrogen-bond acceptors (Lipinski definition) is 7. The fraction of sp³-hybridized carbons (Fsp3) is 0.562. The second-order valence-corrected chi connectivity index (χ2v) is 9.98. The van der Waals surface area contributed by atoms with Crippen LogP contribution in [0.3, 0.4) is 0 Å². The van der Waals surface area contributed by atoms with Crippen molar-refractivity contribution in [2.75, 3.05) is 66.4 Å². The lowest BCUT2D eigenvalue weighted by Gasteiger charge is -2.19. The molecule has 1 amide bonds. The van der Waals surface area contributed by atoms with Crippen molar-refractivity contribution in [1.82, 2.24) is 4.90 Å². The van der Waals surface area contributed by atoms with Gasteiger partial charge in [0, 0.05) is 19.5 Å². The number of fused-ring (bicyclic) bond motifs is 3. The zero-order valence-corrected chi connectivity index (χ0v) is 24.3. The predicted molar refractivity (Wildman–Crippen MR) is 154 cm³/mol. The lowest BCUT2D eigenvalue weighted by atomic mass is 9.98. The van der Waals surface area contributed by atoms with Gasteiger partial charge in [0.05, 0.1) is 45.6 Å². The van der Waals surface area contributed by atoms with Crippen molar-refractivity contribution in [2.45, 2.75) is 45.4 Å². The van der Waals surface area contributed by atoms with E-state index >= 15 is 0 Å². The summed E-state index contributed by atoms with van der Waals surface area (Å²) in [5, 5.41) is 0. The Labute approximate surface area is 238 Å². The highest BCUT2D eigenvalue weighted by molar-refractivity contribution is 5.79. The molecule has 0 N–H and O–H groups in total. The van der Waals surface area contributed by atoms with Gasteiger partial charge in [0.25, 0.3) is 0 Å². The number of nitrogens with zero attached hydrogens (tertiary/aromatic N) is 1. The molecule has 0 saturated heterocycles. The lowest BCUT2D eigenvalue weighted by Crippen LogP contribution is -2.32. The van der Waals surface area contributed by atoms with Gasteiger partial charge in [-0.1, -0.05) is 75.2 Å². The summed E-state index contributed by atoms with van der Waals surface area (Å²) in [6.07, 6.45) is 3.45. The Bertz CT molecular complexity index is 998. The van der Waals surface area contributed by atoms with E-state index in [0.29, 0.717) is 52.8 Å². The molecule has 1 aliphatic carbocycles. The van der Waals surface area contributed by atoms with E-state index in [1.54, 1.807) is 7.05 Å². The summed E-state index contributed by atoms with van der Waals surface area (Å²) < 4.78 is 27.5. The van der Waals surface area contributed by atoms with Gasteiger partial charge in [0.15, 0.2) is 0 Å². The number of unbranched alkanes of at least 4 members (excludes halogenated alkanes) is 1. The fourth-order valence-corrected chi connectivity index (χ4v) is 4.80. The van der Waals surface area contributed by atoms with Crippen LogP contribution in [0, 0.1) is 5.92 Å². The maximum absolute atomic E-state index is 12.5. The topological polar surface area (TPSA) is 83.5 Å². The minimum Gasteiger partial charge on any atom is -0.463 e. The SMILES string of the molecule is CCCCC(CC)C(=O)OCCOCCOCCOCCN(C)C(=O)OCC1c2ccccc2-c2ccccc21. The molecule has 1 unspecified atom stereocenters. The van der Waals surface area contributed by atoms with Gasteiger partial charge in [-0.3, -0.25) is 4.79 Å². The molecule has 0 radical (unpaired) electrons. The monoisotopic (exact) mass is 555 g/mol. The molecule has 0 fully saturated rings. The third-order valence-corrected chi connectivity index (χ3v) is 7.17. The molecule has 0 heterocycles. The van der Waals surface area contributed by atoms with Gasteiger partial charge in [0.1, 0.15) is 13.2 Å². The number of amides is 1. The third-order valence-electron chi connectivity index (χ3n) is 7.17. The molecular formula is C32H45NO7. The molecule has 0 aromatic heterocycles. The highest BCUT2D eigenvalue weighted by atomic mass is 16.6. The van der Waals surface area contributed by atoms with Crippen molar-refractivity contribution in [1.29, 1.82) is 0 Å². The zero-order chi connectivity index (χ0) is 28.6. The smallest absolute Gasteiger partial charge is 0.409 e. The van der Waals surface area contributed by atoms with Crippen molar-refractivity contribution in [3.05, 3.63) is 59.7 Å². The number of rotatable bonds is 19. The van der Waals surface area contributed by atoms with E-state index in [2.05, 4.69) is 31.2 Å². The summed E-state index contributed by atoms with van der Waals surface area (Å²) in [5.74, 6) is -0.0969. The highest BCUT2D eigenvalue weighted by Crippen LogP contribution is 2.44. The first-order chi connectivity index (χ1) is 19.6. The first-order valence-corrected chi connectivity index (χ1v) is 14.5. The summed E-state index contributed by atoms with van der Waals surface area (Å²) in [7, 11) is 1.71. The molecule has 8 heteroatoms. The Morgan fingerprint density at radius 2 is 1.32 bits per heavy atom. The number of likely N-dealkylation sites (N-methyl/N-ethyl adjacent to an activating group) is 1. The summed E-state index contributed by atoms with van der Waals surface area (Å²) in [6, 6.07) is 16.6. The molecule has 2 aromatic rings. The van der Waals surface area contributed by atoms with Gasteiger partial charge in [-0.15, -0.1) is 0 Å². The van der Waals surface area contributed by atoms with Crippen LogP contribution in [0.15, 0.2) is 48.5 Å². The molecule has 40 heavy (non-hydrogen) atoms. The van der Waals surface area contributed by atoms with E-state index in [4.69, 9.17) is 23.7 Å². The van der Waals surface area contributed by atoms with E-state index in [1.165, 1.54) is 27.2 Å². The van der Waals surface area contributed by atoms with Crippen LogP contribution < -0.4 is 0 Å². The van der Waals surface area contributed by atoms with Gasteiger partial charge in [0.2, 0.25) is 0 Å². The average Bonchev–Trinajstić information content (AvgIpc) is 3.30. The Hall–Kier alpha value is -2.94. The number of carbonyl (C=O) groups is 2. The van der Waals surface area contributed by atoms with Crippen LogP contribution in [0.4, 0.5) is 4.79 Å². The summed E-state index contributed by atoms with van der Waals surface area (Å²) in [5.41, 5.74) is 4.80. The first-order valence-electron chi connectivity index (χ1n) is 14.5. The van der Waals surface area contributed by atoms with Gasteiger partial charge < -0.3 is 28.6 Å². The zero-order valence-electron chi connectivity index (χ0n) is 24.3. The van der Waals surface area contributed by atoms with Crippen LogP contribution in [0.5, 0.6) is 0 Å². The Kier molecular flexibility index (Phi) is 14.0. The van der Waals surface area contributed by atoms with Crippen molar-refractivity contribution in [3.63, 3.8) is 0 Å². The number of hydrogen-bond donors (Lipinski definition) is 0. The summed E-state index contributed by atoms with van der Waals surface area (Å²) in [6.45, 7) is 7.60. The molecule has 1 atom stereocenters. The highest BCUT2D eigenvalue weighted by Gasteiger charge is 2.29. The quantitative estimate of drug-likeness (QED) is 0.163. The van der Waals surface area contributed by atoms with E-state index in [-0.39, 0.29) is 30.5 Å². The number of benzene rings is 2. The van der Waals surface area contributed by atoms with Gasteiger partial charge >= 0.3 is 12.1 Å². The molecule has 0 aliphatic heterocycles. The molecule has 0 spiro atoms. The standard InChI is InChI=1S/C32H45NO7/c1-4-6-11-25(5-2)31(34)39-23-22-38-21-20-37-19-18-36-17-16-33(3)32(35)40-24-30-28-14-9-7-12-26(28)27-13-8-10-15-29(27)30/h7-10,12-15,25,30H,4-6,11,16-24H2,1-3H3. The van der Waals surface area contributed by atoms with Gasteiger partial charge in [-0.05, 0) is 35.1 Å². The molecule has 0 saturated carbocycles. The largest absolute Gasteiger partial charge is 0.463 e. The van der Waals surface area contributed by atoms with Crippen LogP contribution in [0.2, 0.25) is 0 Å². The molecule has 1 aliphatic rings. The van der Waals surface area contributed by atoms with Crippen molar-refractivity contribution < 1.29 is 33.3 Å². The van der Waals surface area contributed by atoms with Crippen LogP contribution in [0.25, 0.3) is 11.1 Å².